The van der Waals surface area contributed by atoms with E-state index in [-0.39, 0.29) is 11.8 Å². The van der Waals surface area contributed by atoms with Crippen molar-refractivity contribution in [2.75, 3.05) is 0 Å². The van der Waals surface area contributed by atoms with Crippen LogP contribution in [-0.2, 0) is 4.79 Å². The second kappa shape index (κ2) is 3.04. The summed E-state index contributed by atoms with van der Waals surface area (Å²) in [5.41, 5.74) is 1.08. The molecule has 0 aliphatic heterocycles. The van der Waals surface area contributed by atoms with Crippen LogP contribution in [0.2, 0.25) is 5.02 Å². The molecular weight excluding hydrogens is 188 g/mol. The molecule has 0 bridgehead atoms. The number of rotatable bonds is 2. The fourth-order valence-electron chi connectivity index (χ4n) is 1.55. The van der Waals surface area contributed by atoms with Crippen LogP contribution in [0.3, 0.4) is 0 Å². The molecule has 2 nitrogen and oxygen atoms in total. The second-order valence-electron chi connectivity index (χ2n) is 3.34. The molecule has 1 aromatic carbocycles. The van der Waals surface area contributed by atoms with E-state index in [1.54, 1.807) is 12.1 Å². The molecule has 2 rings (SSSR count). The van der Waals surface area contributed by atoms with Crippen molar-refractivity contribution in [3.63, 3.8) is 0 Å². The molecule has 0 saturated heterocycles. The standard InChI is InChI=1S/C10H9ClO2/c11-7-3-1-6(2-4-7)8-5-9(8)10(12)13/h1-4,8-9H,5H2,(H,12,13)/t8-,9?/m1/s1. The van der Waals surface area contributed by atoms with Gasteiger partial charge in [0.2, 0.25) is 0 Å². The number of hydrogen-bond acceptors (Lipinski definition) is 1. The molecule has 1 aliphatic rings. The minimum absolute atomic E-state index is 0.179. The van der Waals surface area contributed by atoms with Gasteiger partial charge in [0, 0.05) is 5.02 Å². The van der Waals surface area contributed by atoms with E-state index in [9.17, 15) is 4.79 Å². The molecule has 1 unspecified atom stereocenters. The predicted molar refractivity (Wildman–Crippen MR) is 49.9 cm³/mol. The number of halogens is 1. The summed E-state index contributed by atoms with van der Waals surface area (Å²) in [7, 11) is 0. The lowest BCUT2D eigenvalue weighted by Gasteiger charge is -1.97. The van der Waals surface area contributed by atoms with E-state index in [0.717, 1.165) is 12.0 Å². The third-order valence-electron chi connectivity index (χ3n) is 2.41. The van der Waals surface area contributed by atoms with Crippen molar-refractivity contribution >= 4 is 17.6 Å². The van der Waals surface area contributed by atoms with E-state index < -0.39 is 5.97 Å². The normalized spacial score (nSPS) is 25.6. The highest BCUT2D eigenvalue weighted by Gasteiger charge is 2.43. The summed E-state index contributed by atoms with van der Waals surface area (Å²) in [6, 6.07) is 7.40. The number of carboxylic acid groups (broad SMARTS) is 1. The van der Waals surface area contributed by atoms with Crippen molar-refractivity contribution in [3.8, 4) is 0 Å². The van der Waals surface area contributed by atoms with E-state index in [1.165, 1.54) is 0 Å². The summed E-state index contributed by atoms with van der Waals surface area (Å²) in [5.74, 6) is -0.670. The molecule has 0 amide bonds. The Labute approximate surface area is 81.1 Å². The van der Waals surface area contributed by atoms with Crippen molar-refractivity contribution in [1.29, 1.82) is 0 Å². The lowest BCUT2D eigenvalue weighted by atomic mass is 10.1. The Morgan fingerprint density at radius 1 is 1.38 bits per heavy atom. The maximum atomic E-state index is 10.6. The monoisotopic (exact) mass is 196 g/mol. The Morgan fingerprint density at radius 3 is 2.46 bits per heavy atom. The zero-order valence-corrected chi connectivity index (χ0v) is 7.66. The van der Waals surface area contributed by atoms with Gasteiger partial charge in [-0.05, 0) is 30.0 Å². The van der Waals surface area contributed by atoms with Crippen LogP contribution >= 0.6 is 11.6 Å². The van der Waals surface area contributed by atoms with Gasteiger partial charge in [0.05, 0.1) is 5.92 Å². The molecule has 13 heavy (non-hydrogen) atoms. The average molecular weight is 197 g/mol. The van der Waals surface area contributed by atoms with Gasteiger partial charge in [0.25, 0.3) is 0 Å². The van der Waals surface area contributed by atoms with Gasteiger partial charge in [-0.15, -0.1) is 0 Å². The lowest BCUT2D eigenvalue weighted by Crippen LogP contribution is -1.98. The second-order valence-corrected chi connectivity index (χ2v) is 3.77. The first-order valence-electron chi connectivity index (χ1n) is 4.17. The Bertz CT molecular complexity index is 331. The van der Waals surface area contributed by atoms with Crippen molar-refractivity contribution in [1.82, 2.24) is 0 Å². The topological polar surface area (TPSA) is 37.3 Å². The number of carbonyl (C=O) groups is 1. The molecule has 1 aliphatic carbocycles. The highest BCUT2D eigenvalue weighted by molar-refractivity contribution is 6.30. The van der Waals surface area contributed by atoms with E-state index in [4.69, 9.17) is 16.7 Å². The molecule has 0 heterocycles. The fraction of sp³-hybridized carbons (Fsp3) is 0.300. The highest BCUT2D eigenvalue weighted by atomic mass is 35.5. The summed E-state index contributed by atoms with van der Waals surface area (Å²) in [5, 5.41) is 9.40. The summed E-state index contributed by atoms with van der Waals surface area (Å²) < 4.78 is 0. The van der Waals surface area contributed by atoms with Gasteiger partial charge in [0.15, 0.2) is 0 Å². The van der Waals surface area contributed by atoms with Crippen LogP contribution in [0, 0.1) is 5.92 Å². The molecule has 1 fully saturated rings. The zero-order valence-electron chi connectivity index (χ0n) is 6.90. The third-order valence-corrected chi connectivity index (χ3v) is 2.66. The molecule has 68 valence electrons. The van der Waals surface area contributed by atoms with Crippen molar-refractivity contribution in [2.45, 2.75) is 12.3 Å². The van der Waals surface area contributed by atoms with Crippen molar-refractivity contribution in [3.05, 3.63) is 34.9 Å². The number of benzene rings is 1. The fourth-order valence-corrected chi connectivity index (χ4v) is 1.67. The molecule has 0 radical (unpaired) electrons. The Hall–Kier alpha value is -1.02. The van der Waals surface area contributed by atoms with Gasteiger partial charge in [-0.25, -0.2) is 0 Å². The van der Waals surface area contributed by atoms with Crippen LogP contribution in [0.4, 0.5) is 0 Å². The van der Waals surface area contributed by atoms with Gasteiger partial charge in [-0.2, -0.15) is 0 Å². The first kappa shape index (κ1) is 8.57. The van der Waals surface area contributed by atoms with Crippen LogP contribution < -0.4 is 0 Å². The van der Waals surface area contributed by atoms with Crippen LogP contribution in [0.1, 0.15) is 17.9 Å². The maximum Gasteiger partial charge on any atom is 0.307 e. The summed E-state index contributed by atoms with van der Waals surface area (Å²) in [6.45, 7) is 0. The Morgan fingerprint density at radius 2 is 2.00 bits per heavy atom. The molecule has 1 aromatic rings. The van der Waals surface area contributed by atoms with Gasteiger partial charge >= 0.3 is 5.97 Å². The maximum absolute atomic E-state index is 10.6. The van der Waals surface area contributed by atoms with Crippen LogP contribution in [-0.4, -0.2) is 11.1 Å². The van der Waals surface area contributed by atoms with E-state index >= 15 is 0 Å². The van der Waals surface area contributed by atoms with E-state index in [1.807, 2.05) is 12.1 Å². The zero-order chi connectivity index (χ0) is 9.42. The molecule has 2 atom stereocenters. The summed E-state index contributed by atoms with van der Waals surface area (Å²) in [4.78, 5) is 10.6. The molecular formula is C10H9ClO2. The summed E-state index contributed by atoms with van der Waals surface area (Å²) in [6.07, 6.45) is 0.761. The predicted octanol–water partition coefficient (Wildman–Crippen LogP) is 2.53. The molecule has 0 spiro atoms. The van der Waals surface area contributed by atoms with Crippen LogP contribution in [0.5, 0.6) is 0 Å². The largest absolute Gasteiger partial charge is 0.481 e. The number of hydrogen-bond donors (Lipinski definition) is 1. The minimum Gasteiger partial charge on any atom is -0.481 e. The molecule has 1 saturated carbocycles. The van der Waals surface area contributed by atoms with Crippen molar-refractivity contribution < 1.29 is 9.90 Å². The highest BCUT2D eigenvalue weighted by Crippen LogP contribution is 2.47. The van der Waals surface area contributed by atoms with E-state index in [2.05, 4.69) is 0 Å². The van der Waals surface area contributed by atoms with Crippen LogP contribution in [0.15, 0.2) is 24.3 Å². The molecule has 0 aromatic heterocycles. The minimum atomic E-state index is -0.694. The van der Waals surface area contributed by atoms with Gasteiger partial charge in [-0.3, -0.25) is 4.79 Å². The lowest BCUT2D eigenvalue weighted by molar-refractivity contribution is -0.138. The van der Waals surface area contributed by atoms with Gasteiger partial charge < -0.3 is 5.11 Å². The van der Waals surface area contributed by atoms with Gasteiger partial charge in [0.1, 0.15) is 0 Å². The first-order chi connectivity index (χ1) is 6.18. The third kappa shape index (κ3) is 1.68. The summed E-state index contributed by atoms with van der Waals surface area (Å²) >= 11 is 5.72. The smallest absolute Gasteiger partial charge is 0.307 e. The number of aliphatic carboxylic acids is 1. The molecule has 1 N–H and O–H groups in total. The quantitative estimate of drug-likeness (QED) is 0.789. The Balaban J connectivity index is 2.12. The SMILES string of the molecule is O=C(O)C1C[C@@H]1c1ccc(Cl)cc1. The van der Waals surface area contributed by atoms with Gasteiger partial charge in [-0.1, -0.05) is 23.7 Å². The number of carboxylic acids is 1. The average Bonchev–Trinajstić information content (AvgIpc) is 2.85. The molecule has 3 heteroatoms. The Kier molecular flexibility index (Phi) is 2.00. The van der Waals surface area contributed by atoms with Crippen LogP contribution in [0.25, 0.3) is 0 Å². The van der Waals surface area contributed by atoms with E-state index in [0.29, 0.717) is 5.02 Å². The van der Waals surface area contributed by atoms with Crippen molar-refractivity contribution in [2.24, 2.45) is 5.92 Å². The first-order valence-corrected chi connectivity index (χ1v) is 4.54.